The van der Waals surface area contributed by atoms with Crippen molar-refractivity contribution in [2.24, 2.45) is 0 Å². The lowest BCUT2D eigenvalue weighted by molar-refractivity contribution is -0.121. The summed E-state index contributed by atoms with van der Waals surface area (Å²) in [5.41, 5.74) is 0. The van der Waals surface area contributed by atoms with Crippen LogP contribution >= 0.6 is 15.9 Å². The van der Waals surface area contributed by atoms with Crippen molar-refractivity contribution in [2.45, 2.75) is 64.7 Å². The van der Waals surface area contributed by atoms with Gasteiger partial charge in [0.25, 0.3) is 0 Å². The molecule has 0 heterocycles. The summed E-state index contributed by atoms with van der Waals surface area (Å²) in [6.07, 6.45) is 10.9. The number of halogens is 1. The van der Waals surface area contributed by atoms with Crippen molar-refractivity contribution in [3.05, 3.63) is 0 Å². The predicted molar refractivity (Wildman–Crippen MR) is 74.0 cm³/mol. The fraction of sp³-hybridized carbons (Fsp3) is 0.923. The van der Waals surface area contributed by atoms with Crippen molar-refractivity contribution in [1.82, 2.24) is 5.32 Å². The van der Waals surface area contributed by atoms with Crippen LogP contribution in [0, 0.1) is 0 Å². The molecule has 0 atom stereocenters. The SMILES string of the molecule is CCNC(=O)CCCCCCCCCCBr. The molecule has 0 aromatic rings. The first-order valence-corrected chi connectivity index (χ1v) is 7.76. The molecule has 0 aromatic carbocycles. The maximum Gasteiger partial charge on any atom is 0.219 e. The average molecular weight is 292 g/mol. The average Bonchev–Trinajstić information content (AvgIpc) is 2.27. The second-order valence-electron chi connectivity index (χ2n) is 4.22. The Bertz CT molecular complexity index is 162. The lowest BCUT2D eigenvalue weighted by atomic mass is 10.1. The Morgan fingerprint density at radius 3 is 1.94 bits per heavy atom. The highest BCUT2D eigenvalue weighted by Gasteiger charge is 1.98. The van der Waals surface area contributed by atoms with Gasteiger partial charge in [-0.15, -0.1) is 0 Å². The Morgan fingerprint density at radius 2 is 1.44 bits per heavy atom. The number of carbonyl (C=O) groups is 1. The van der Waals surface area contributed by atoms with Gasteiger partial charge >= 0.3 is 0 Å². The molecule has 0 fully saturated rings. The molecule has 2 nitrogen and oxygen atoms in total. The first kappa shape index (κ1) is 16.0. The minimum Gasteiger partial charge on any atom is -0.356 e. The fourth-order valence-electron chi connectivity index (χ4n) is 1.73. The van der Waals surface area contributed by atoms with Crippen molar-refractivity contribution in [3.8, 4) is 0 Å². The van der Waals surface area contributed by atoms with E-state index in [0.717, 1.165) is 18.3 Å². The highest BCUT2D eigenvalue weighted by molar-refractivity contribution is 9.09. The van der Waals surface area contributed by atoms with Gasteiger partial charge in [-0.1, -0.05) is 54.5 Å². The molecule has 0 aliphatic rings. The highest BCUT2D eigenvalue weighted by Crippen LogP contribution is 2.10. The molecule has 0 spiro atoms. The normalized spacial score (nSPS) is 10.4. The van der Waals surface area contributed by atoms with Crippen LogP contribution in [0.2, 0.25) is 0 Å². The molecule has 0 unspecified atom stereocenters. The van der Waals surface area contributed by atoms with E-state index in [0.29, 0.717) is 6.42 Å². The maximum atomic E-state index is 11.1. The summed E-state index contributed by atoms with van der Waals surface area (Å²) < 4.78 is 0. The Kier molecular flexibility index (Phi) is 13.0. The Labute approximate surface area is 109 Å². The lowest BCUT2D eigenvalue weighted by Crippen LogP contribution is -2.21. The smallest absolute Gasteiger partial charge is 0.219 e. The standard InChI is InChI=1S/C13H26BrNO/c1-2-15-13(16)11-9-7-5-3-4-6-8-10-12-14/h2-12H2,1H3,(H,15,16). The number of nitrogens with one attached hydrogen (secondary N) is 1. The van der Waals surface area contributed by atoms with Gasteiger partial charge in [-0.25, -0.2) is 0 Å². The van der Waals surface area contributed by atoms with Crippen LogP contribution in [-0.2, 0) is 4.79 Å². The zero-order chi connectivity index (χ0) is 12.1. The van der Waals surface area contributed by atoms with Crippen LogP contribution in [0.25, 0.3) is 0 Å². The van der Waals surface area contributed by atoms with E-state index in [9.17, 15) is 4.79 Å². The molecular weight excluding hydrogens is 266 g/mol. The summed E-state index contributed by atoms with van der Waals surface area (Å²) >= 11 is 3.44. The van der Waals surface area contributed by atoms with Gasteiger partial charge in [-0.2, -0.15) is 0 Å². The van der Waals surface area contributed by atoms with Crippen molar-refractivity contribution in [1.29, 1.82) is 0 Å². The zero-order valence-corrected chi connectivity index (χ0v) is 12.2. The molecule has 0 aliphatic carbocycles. The van der Waals surface area contributed by atoms with Crippen LogP contribution < -0.4 is 5.32 Å². The molecule has 0 radical (unpaired) electrons. The minimum absolute atomic E-state index is 0.208. The van der Waals surface area contributed by atoms with Gasteiger partial charge in [0.05, 0.1) is 0 Å². The molecular formula is C13H26BrNO. The zero-order valence-electron chi connectivity index (χ0n) is 10.6. The monoisotopic (exact) mass is 291 g/mol. The number of carbonyl (C=O) groups excluding carboxylic acids is 1. The third-order valence-electron chi connectivity index (χ3n) is 2.66. The topological polar surface area (TPSA) is 29.1 Å². The van der Waals surface area contributed by atoms with Gasteiger partial charge in [0.2, 0.25) is 5.91 Å². The summed E-state index contributed by atoms with van der Waals surface area (Å²) in [6, 6.07) is 0. The molecule has 0 saturated carbocycles. The van der Waals surface area contributed by atoms with Crippen LogP contribution in [-0.4, -0.2) is 17.8 Å². The first-order valence-electron chi connectivity index (χ1n) is 6.64. The number of amides is 1. The fourth-order valence-corrected chi connectivity index (χ4v) is 2.12. The number of alkyl halides is 1. The molecule has 1 amide bonds. The largest absolute Gasteiger partial charge is 0.356 e. The molecule has 0 aromatic heterocycles. The van der Waals surface area contributed by atoms with E-state index < -0.39 is 0 Å². The van der Waals surface area contributed by atoms with Gasteiger partial charge in [-0.05, 0) is 19.8 Å². The second kappa shape index (κ2) is 13.0. The third-order valence-corrected chi connectivity index (χ3v) is 3.22. The summed E-state index contributed by atoms with van der Waals surface area (Å²) in [7, 11) is 0. The van der Waals surface area contributed by atoms with Crippen molar-refractivity contribution in [3.63, 3.8) is 0 Å². The quantitative estimate of drug-likeness (QED) is 0.452. The number of hydrogen-bond acceptors (Lipinski definition) is 1. The minimum atomic E-state index is 0.208. The van der Waals surface area contributed by atoms with Crippen LogP contribution in [0.1, 0.15) is 64.7 Å². The maximum absolute atomic E-state index is 11.1. The molecule has 96 valence electrons. The first-order chi connectivity index (χ1) is 7.81. The summed E-state index contributed by atoms with van der Waals surface area (Å²) in [4.78, 5) is 11.1. The molecule has 16 heavy (non-hydrogen) atoms. The van der Waals surface area contributed by atoms with Crippen molar-refractivity contribution >= 4 is 21.8 Å². The van der Waals surface area contributed by atoms with Gasteiger partial charge in [0.1, 0.15) is 0 Å². The molecule has 0 aliphatic heterocycles. The predicted octanol–water partition coefficient (Wildman–Crippen LogP) is 4.03. The van der Waals surface area contributed by atoms with Crippen LogP contribution in [0.5, 0.6) is 0 Å². The summed E-state index contributed by atoms with van der Waals surface area (Å²) in [6.45, 7) is 2.72. The van der Waals surface area contributed by atoms with E-state index >= 15 is 0 Å². The van der Waals surface area contributed by atoms with Gasteiger partial charge in [0.15, 0.2) is 0 Å². The third kappa shape index (κ3) is 12.0. The van der Waals surface area contributed by atoms with Crippen molar-refractivity contribution in [2.75, 3.05) is 11.9 Å². The van der Waals surface area contributed by atoms with Crippen LogP contribution in [0.15, 0.2) is 0 Å². The van der Waals surface area contributed by atoms with Gasteiger partial charge in [0, 0.05) is 18.3 Å². The van der Waals surface area contributed by atoms with Crippen LogP contribution in [0.3, 0.4) is 0 Å². The van der Waals surface area contributed by atoms with E-state index in [1.54, 1.807) is 0 Å². The Morgan fingerprint density at radius 1 is 0.938 bits per heavy atom. The van der Waals surface area contributed by atoms with E-state index in [2.05, 4.69) is 21.2 Å². The van der Waals surface area contributed by atoms with E-state index in [1.807, 2.05) is 6.92 Å². The second-order valence-corrected chi connectivity index (χ2v) is 5.01. The molecule has 1 N–H and O–H groups in total. The van der Waals surface area contributed by atoms with E-state index in [1.165, 1.54) is 44.9 Å². The number of unbranched alkanes of at least 4 members (excludes halogenated alkanes) is 7. The molecule has 0 saturated heterocycles. The summed E-state index contributed by atoms with van der Waals surface area (Å²) in [5.74, 6) is 0.208. The molecule has 3 heteroatoms. The number of hydrogen-bond donors (Lipinski definition) is 1. The molecule has 0 rings (SSSR count). The Balaban J connectivity index is 3.01. The Hall–Kier alpha value is -0.0500. The van der Waals surface area contributed by atoms with E-state index in [4.69, 9.17) is 0 Å². The summed E-state index contributed by atoms with van der Waals surface area (Å²) in [5, 5.41) is 3.97. The van der Waals surface area contributed by atoms with Gasteiger partial charge in [-0.3, -0.25) is 4.79 Å². The van der Waals surface area contributed by atoms with Gasteiger partial charge < -0.3 is 5.32 Å². The van der Waals surface area contributed by atoms with E-state index in [-0.39, 0.29) is 5.91 Å². The highest BCUT2D eigenvalue weighted by atomic mass is 79.9. The van der Waals surface area contributed by atoms with Crippen LogP contribution in [0.4, 0.5) is 0 Å². The molecule has 0 bridgehead atoms. The van der Waals surface area contributed by atoms with Crippen molar-refractivity contribution < 1.29 is 4.79 Å². The lowest BCUT2D eigenvalue weighted by Gasteiger charge is -2.02. The number of rotatable bonds is 11.